The Hall–Kier alpha value is -2.24. The molecule has 1 aliphatic rings. The van der Waals surface area contributed by atoms with Crippen molar-refractivity contribution in [3.05, 3.63) is 28.7 Å². The van der Waals surface area contributed by atoms with E-state index in [1.165, 1.54) is 16.3 Å². The van der Waals surface area contributed by atoms with Crippen molar-refractivity contribution in [3.8, 4) is 0 Å². The van der Waals surface area contributed by atoms with Crippen LogP contribution in [0, 0.1) is 0 Å². The maximum absolute atomic E-state index is 12.3. The molecule has 2 aromatic heterocycles. The lowest BCUT2D eigenvalue weighted by atomic mass is 10.2. The lowest BCUT2D eigenvalue weighted by molar-refractivity contribution is -0.113. The Morgan fingerprint density at radius 1 is 1.46 bits per heavy atom. The SMILES string of the molecule is O=C(CSc1n[nH]c(=O)n1CC1CCCO1)Nc1cccc2nsnc12. The van der Waals surface area contributed by atoms with Crippen molar-refractivity contribution in [1.29, 1.82) is 0 Å². The van der Waals surface area contributed by atoms with E-state index in [0.29, 0.717) is 22.9 Å². The van der Waals surface area contributed by atoms with Crippen LogP contribution in [-0.4, -0.2) is 47.9 Å². The zero-order valence-electron chi connectivity index (χ0n) is 13.7. The molecule has 0 radical (unpaired) electrons. The number of ether oxygens (including phenoxy) is 1. The summed E-state index contributed by atoms with van der Waals surface area (Å²) < 4.78 is 15.4. The van der Waals surface area contributed by atoms with Crippen LogP contribution in [0.15, 0.2) is 28.2 Å². The summed E-state index contributed by atoms with van der Waals surface area (Å²) in [6, 6.07) is 5.45. The average Bonchev–Trinajstić information content (AvgIpc) is 3.37. The predicted molar refractivity (Wildman–Crippen MR) is 98.6 cm³/mol. The van der Waals surface area contributed by atoms with Gasteiger partial charge in [0.1, 0.15) is 11.0 Å². The number of hydrogen-bond acceptors (Lipinski definition) is 8. The Balaban J connectivity index is 1.40. The van der Waals surface area contributed by atoms with E-state index in [0.717, 1.165) is 36.7 Å². The van der Waals surface area contributed by atoms with Crippen LogP contribution in [0.2, 0.25) is 0 Å². The fourth-order valence-electron chi connectivity index (χ4n) is 2.79. The quantitative estimate of drug-likeness (QED) is 0.611. The molecule has 2 N–H and O–H groups in total. The highest BCUT2D eigenvalue weighted by Crippen LogP contribution is 2.22. The van der Waals surface area contributed by atoms with E-state index in [9.17, 15) is 9.59 Å². The fourth-order valence-corrected chi connectivity index (χ4v) is 4.10. The fraction of sp³-hybridized carbons (Fsp3) is 0.400. The lowest BCUT2D eigenvalue weighted by Gasteiger charge is -2.11. The first kappa shape index (κ1) is 17.2. The summed E-state index contributed by atoms with van der Waals surface area (Å²) in [4.78, 5) is 24.2. The minimum atomic E-state index is -0.290. The summed E-state index contributed by atoms with van der Waals surface area (Å²) in [7, 11) is 0. The smallest absolute Gasteiger partial charge is 0.344 e. The second-order valence-corrected chi connectivity index (χ2v) is 7.30. The van der Waals surface area contributed by atoms with Crippen molar-refractivity contribution in [2.24, 2.45) is 0 Å². The summed E-state index contributed by atoms with van der Waals surface area (Å²) in [5.41, 5.74) is 1.76. The van der Waals surface area contributed by atoms with Gasteiger partial charge < -0.3 is 10.1 Å². The maximum atomic E-state index is 12.3. The third kappa shape index (κ3) is 3.64. The first-order chi connectivity index (χ1) is 12.7. The summed E-state index contributed by atoms with van der Waals surface area (Å²) in [6.07, 6.45) is 1.95. The van der Waals surface area contributed by atoms with Gasteiger partial charge in [-0.3, -0.25) is 9.36 Å². The number of carbonyl (C=O) groups excluding carboxylic acids is 1. The molecule has 1 unspecified atom stereocenters. The van der Waals surface area contributed by atoms with Crippen LogP contribution in [0.3, 0.4) is 0 Å². The molecule has 1 fully saturated rings. The second-order valence-electron chi connectivity index (χ2n) is 5.83. The summed E-state index contributed by atoms with van der Waals surface area (Å²) in [5, 5.41) is 9.76. The van der Waals surface area contributed by atoms with E-state index >= 15 is 0 Å². The van der Waals surface area contributed by atoms with Gasteiger partial charge >= 0.3 is 5.69 Å². The van der Waals surface area contributed by atoms with Crippen LogP contribution in [0.1, 0.15) is 12.8 Å². The first-order valence-electron chi connectivity index (χ1n) is 8.11. The number of H-pyrrole nitrogens is 1. The molecule has 1 aromatic carbocycles. The molecule has 11 heteroatoms. The zero-order valence-corrected chi connectivity index (χ0v) is 15.3. The van der Waals surface area contributed by atoms with E-state index in [2.05, 4.69) is 24.3 Å². The van der Waals surface area contributed by atoms with Crippen molar-refractivity contribution < 1.29 is 9.53 Å². The van der Waals surface area contributed by atoms with Gasteiger partial charge in [0, 0.05) is 6.61 Å². The highest BCUT2D eigenvalue weighted by Gasteiger charge is 2.20. The Morgan fingerprint density at radius 2 is 2.38 bits per heavy atom. The van der Waals surface area contributed by atoms with Crippen LogP contribution in [-0.2, 0) is 16.1 Å². The molecule has 0 saturated carbocycles. The monoisotopic (exact) mass is 392 g/mol. The molecular formula is C15H16N6O3S2. The number of fused-ring (bicyclic) bond motifs is 1. The van der Waals surface area contributed by atoms with Crippen LogP contribution in [0.5, 0.6) is 0 Å². The number of carbonyl (C=O) groups is 1. The highest BCUT2D eigenvalue weighted by atomic mass is 32.2. The molecule has 0 aliphatic carbocycles. The molecule has 1 amide bonds. The summed E-state index contributed by atoms with van der Waals surface area (Å²) >= 11 is 2.31. The van der Waals surface area contributed by atoms with Gasteiger partial charge in [0.2, 0.25) is 5.91 Å². The van der Waals surface area contributed by atoms with Crippen LogP contribution >= 0.6 is 23.5 Å². The Kier molecular flexibility index (Phi) is 5.00. The lowest BCUT2D eigenvalue weighted by Crippen LogP contribution is -2.25. The minimum Gasteiger partial charge on any atom is -0.376 e. The Bertz CT molecular complexity index is 975. The third-order valence-electron chi connectivity index (χ3n) is 4.03. The van der Waals surface area contributed by atoms with Gasteiger partial charge in [-0.15, -0.1) is 5.10 Å². The first-order valence-corrected chi connectivity index (χ1v) is 9.83. The van der Waals surface area contributed by atoms with Crippen molar-refractivity contribution in [2.75, 3.05) is 17.7 Å². The molecule has 26 heavy (non-hydrogen) atoms. The number of amides is 1. The van der Waals surface area contributed by atoms with Crippen LogP contribution < -0.4 is 11.0 Å². The number of benzene rings is 1. The molecule has 1 aliphatic heterocycles. The average molecular weight is 392 g/mol. The second kappa shape index (κ2) is 7.56. The summed E-state index contributed by atoms with van der Waals surface area (Å²) in [6.45, 7) is 1.17. The summed E-state index contributed by atoms with van der Waals surface area (Å²) in [5.74, 6) is -0.0707. The number of nitrogens with zero attached hydrogens (tertiary/aromatic N) is 4. The van der Waals surface area contributed by atoms with Crippen molar-refractivity contribution >= 4 is 46.1 Å². The molecule has 0 bridgehead atoms. The number of anilines is 1. The van der Waals surface area contributed by atoms with Crippen LogP contribution in [0.4, 0.5) is 5.69 Å². The standard InChI is InChI=1S/C15H16N6O3S2/c22-12(16-10-4-1-5-11-13(10)20-26-19-11)8-25-15-18-17-14(23)21(15)7-9-3-2-6-24-9/h1,4-5,9H,2-3,6-8H2,(H,16,22)(H,17,23). The number of aromatic amines is 1. The molecule has 4 rings (SSSR count). The molecule has 9 nitrogen and oxygen atoms in total. The van der Waals surface area contributed by atoms with Gasteiger partial charge in [-0.05, 0) is 25.0 Å². The van der Waals surface area contributed by atoms with Gasteiger partial charge in [-0.25, -0.2) is 9.89 Å². The molecular weight excluding hydrogens is 376 g/mol. The van der Waals surface area contributed by atoms with E-state index < -0.39 is 0 Å². The molecule has 1 atom stereocenters. The third-order valence-corrected chi connectivity index (χ3v) is 5.54. The van der Waals surface area contributed by atoms with Gasteiger partial charge in [-0.2, -0.15) is 8.75 Å². The van der Waals surface area contributed by atoms with Gasteiger partial charge in [-0.1, -0.05) is 17.8 Å². The Morgan fingerprint density at radius 3 is 3.23 bits per heavy atom. The minimum absolute atomic E-state index is 0.0215. The van der Waals surface area contributed by atoms with E-state index in [-0.39, 0.29) is 23.5 Å². The van der Waals surface area contributed by atoms with Gasteiger partial charge in [0.15, 0.2) is 5.16 Å². The molecule has 1 saturated heterocycles. The predicted octanol–water partition coefficient (Wildman–Crippen LogP) is 1.49. The number of rotatable bonds is 6. The van der Waals surface area contributed by atoms with E-state index in [1.807, 2.05) is 12.1 Å². The van der Waals surface area contributed by atoms with Crippen molar-refractivity contribution in [3.63, 3.8) is 0 Å². The number of nitrogens with one attached hydrogen (secondary N) is 2. The van der Waals surface area contributed by atoms with Gasteiger partial charge in [0.05, 0.1) is 35.8 Å². The highest BCUT2D eigenvalue weighted by molar-refractivity contribution is 7.99. The van der Waals surface area contributed by atoms with E-state index in [4.69, 9.17) is 4.74 Å². The van der Waals surface area contributed by atoms with Crippen molar-refractivity contribution in [2.45, 2.75) is 30.6 Å². The largest absolute Gasteiger partial charge is 0.376 e. The number of thioether (sulfide) groups is 1. The normalized spacial score (nSPS) is 17.0. The Labute approximate surface area is 156 Å². The number of hydrogen-bond donors (Lipinski definition) is 2. The molecule has 3 aromatic rings. The van der Waals surface area contributed by atoms with Crippen molar-refractivity contribution in [1.82, 2.24) is 23.5 Å². The molecule has 3 heterocycles. The zero-order chi connectivity index (χ0) is 17.9. The maximum Gasteiger partial charge on any atom is 0.344 e. The topological polar surface area (TPSA) is 115 Å². The van der Waals surface area contributed by atoms with Gasteiger partial charge in [0.25, 0.3) is 0 Å². The molecule has 136 valence electrons. The van der Waals surface area contributed by atoms with Crippen LogP contribution in [0.25, 0.3) is 11.0 Å². The molecule has 0 spiro atoms. The van der Waals surface area contributed by atoms with E-state index in [1.54, 1.807) is 6.07 Å². The number of aromatic nitrogens is 5.